The van der Waals surface area contributed by atoms with Gasteiger partial charge in [-0.05, 0) is 12.1 Å². The van der Waals surface area contributed by atoms with Crippen LogP contribution in [-0.2, 0) is 0 Å². The third-order valence-electron chi connectivity index (χ3n) is 1.82. The second-order valence-electron chi connectivity index (χ2n) is 2.75. The molecular formula is C10H8F2O4. The van der Waals surface area contributed by atoms with E-state index < -0.39 is 12.4 Å². The molecule has 0 radical (unpaired) electrons. The van der Waals surface area contributed by atoms with Crippen LogP contribution in [0.5, 0.6) is 11.5 Å². The van der Waals surface area contributed by atoms with Crippen molar-refractivity contribution in [1.29, 1.82) is 0 Å². The van der Waals surface area contributed by atoms with Crippen LogP contribution < -0.4 is 9.47 Å². The van der Waals surface area contributed by atoms with E-state index in [4.69, 9.17) is 4.74 Å². The molecule has 16 heavy (non-hydrogen) atoms. The summed E-state index contributed by atoms with van der Waals surface area (Å²) in [7, 11) is 1.33. The molecule has 0 fully saturated rings. The predicted molar refractivity (Wildman–Crippen MR) is 50.4 cm³/mol. The summed E-state index contributed by atoms with van der Waals surface area (Å²) < 4.78 is 33.0. The standard InChI is InChI=1S/C10H8F2O4/c1-15-8-2-6(4-13)9(16-10(11)12)7(3-8)5-14/h2-5,10H,1H3. The summed E-state index contributed by atoms with van der Waals surface area (Å²) in [6.07, 6.45) is 0.625. The number of hydrogen-bond donors (Lipinski definition) is 0. The molecule has 1 rings (SSSR count). The minimum Gasteiger partial charge on any atom is -0.497 e. The highest BCUT2D eigenvalue weighted by Crippen LogP contribution is 2.28. The molecule has 0 bridgehead atoms. The van der Waals surface area contributed by atoms with Gasteiger partial charge in [0, 0.05) is 0 Å². The summed E-state index contributed by atoms with van der Waals surface area (Å²) in [6.45, 7) is -3.11. The molecule has 1 aromatic rings. The monoisotopic (exact) mass is 230 g/mol. The van der Waals surface area contributed by atoms with Crippen LogP contribution in [-0.4, -0.2) is 26.3 Å². The number of methoxy groups -OCH3 is 1. The van der Waals surface area contributed by atoms with Crippen LogP contribution in [0.15, 0.2) is 12.1 Å². The molecule has 0 aliphatic rings. The highest BCUT2D eigenvalue weighted by atomic mass is 19.3. The Morgan fingerprint density at radius 1 is 1.19 bits per heavy atom. The fourth-order valence-electron chi connectivity index (χ4n) is 1.16. The average molecular weight is 230 g/mol. The first-order valence-corrected chi connectivity index (χ1v) is 4.19. The van der Waals surface area contributed by atoms with Crippen molar-refractivity contribution in [2.45, 2.75) is 6.61 Å². The minimum absolute atomic E-state index is 0.165. The molecule has 0 aromatic heterocycles. The maximum Gasteiger partial charge on any atom is 0.387 e. The lowest BCUT2D eigenvalue weighted by Crippen LogP contribution is -2.07. The third kappa shape index (κ3) is 2.53. The molecule has 4 nitrogen and oxygen atoms in total. The lowest BCUT2D eigenvalue weighted by atomic mass is 10.1. The Balaban J connectivity index is 3.31. The van der Waals surface area contributed by atoms with Gasteiger partial charge in [0.15, 0.2) is 12.6 Å². The Kier molecular flexibility index (Phi) is 3.93. The number of ether oxygens (including phenoxy) is 2. The SMILES string of the molecule is COc1cc(C=O)c(OC(F)F)c(C=O)c1. The van der Waals surface area contributed by atoms with Crippen molar-refractivity contribution in [2.24, 2.45) is 0 Å². The van der Waals surface area contributed by atoms with Crippen molar-refractivity contribution >= 4 is 12.6 Å². The van der Waals surface area contributed by atoms with Gasteiger partial charge in [-0.1, -0.05) is 0 Å². The van der Waals surface area contributed by atoms with Gasteiger partial charge in [0.25, 0.3) is 0 Å². The van der Waals surface area contributed by atoms with Crippen molar-refractivity contribution in [3.63, 3.8) is 0 Å². The van der Waals surface area contributed by atoms with Crippen LogP contribution in [0.25, 0.3) is 0 Å². The Morgan fingerprint density at radius 2 is 1.69 bits per heavy atom. The molecule has 0 saturated heterocycles. The first-order chi connectivity index (χ1) is 7.62. The summed E-state index contributed by atoms with van der Waals surface area (Å²) in [4.78, 5) is 21.3. The Bertz CT molecular complexity index is 375. The van der Waals surface area contributed by atoms with E-state index in [-0.39, 0.29) is 16.9 Å². The second kappa shape index (κ2) is 5.20. The van der Waals surface area contributed by atoms with Gasteiger partial charge < -0.3 is 9.47 Å². The predicted octanol–water partition coefficient (Wildman–Crippen LogP) is 1.92. The van der Waals surface area contributed by atoms with Crippen molar-refractivity contribution in [3.8, 4) is 11.5 Å². The number of hydrogen-bond acceptors (Lipinski definition) is 4. The summed E-state index contributed by atoms with van der Waals surface area (Å²) in [5.74, 6) is -0.230. The first kappa shape index (κ1) is 12.1. The normalized spacial score (nSPS) is 10.0. The van der Waals surface area contributed by atoms with Gasteiger partial charge in [-0.25, -0.2) is 0 Å². The largest absolute Gasteiger partial charge is 0.497 e. The fourth-order valence-corrected chi connectivity index (χ4v) is 1.16. The number of aldehydes is 2. The maximum atomic E-state index is 12.1. The van der Waals surface area contributed by atoms with E-state index in [1.165, 1.54) is 19.2 Å². The van der Waals surface area contributed by atoms with Gasteiger partial charge in [0.05, 0.1) is 18.2 Å². The molecule has 0 unspecified atom stereocenters. The molecule has 0 saturated carbocycles. The topological polar surface area (TPSA) is 52.6 Å². The van der Waals surface area contributed by atoms with Gasteiger partial charge in [-0.2, -0.15) is 8.78 Å². The van der Waals surface area contributed by atoms with Crippen LogP contribution >= 0.6 is 0 Å². The molecule has 0 atom stereocenters. The van der Waals surface area contributed by atoms with Crippen LogP contribution in [0.1, 0.15) is 20.7 Å². The van der Waals surface area contributed by atoms with Crippen LogP contribution in [0.2, 0.25) is 0 Å². The highest BCUT2D eigenvalue weighted by Gasteiger charge is 2.16. The number of rotatable bonds is 5. The van der Waals surface area contributed by atoms with Gasteiger partial charge in [-0.15, -0.1) is 0 Å². The van der Waals surface area contributed by atoms with Gasteiger partial charge in [-0.3, -0.25) is 9.59 Å². The van der Waals surface area contributed by atoms with E-state index in [0.717, 1.165) is 0 Å². The minimum atomic E-state index is -3.11. The lowest BCUT2D eigenvalue weighted by molar-refractivity contribution is -0.0503. The number of benzene rings is 1. The number of alkyl halides is 2. The van der Waals surface area contributed by atoms with E-state index in [0.29, 0.717) is 12.6 Å². The van der Waals surface area contributed by atoms with Crippen molar-refractivity contribution in [1.82, 2.24) is 0 Å². The number of halogens is 2. The smallest absolute Gasteiger partial charge is 0.387 e. The Morgan fingerprint density at radius 3 is 2.00 bits per heavy atom. The molecule has 0 amide bonds. The zero-order valence-electron chi connectivity index (χ0n) is 8.28. The molecule has 0 heterocycles. The summed E-state index contributed by atoms with van der Waals surface area (Å²) in [5.41, 5.74) is -0.330. The molecule has 0 aliphatic carbocycles. The molecule has 6 heteroatoms. The number of carbonyl (C=O) groups excluding carboxylic acids is 2. The van der Waals surface area contributed by atoms with E-state index in [1.54, 1.807) is 0 Å². The Hall–Kier alpha value is -1.98. The average Bonchev–Trinajstić information content (AvgIpc) is 2.28. The van der Waals surface area contributed by atoms with E-state index in [1.807, 2.05) is 0 Å². The molecule has 0 spiro atoms. The molecule has 86 valence electrons. The second-order valence-corrected chi connectivity index (χ2v) is 2.75. The van der Waals surface area contributed by atoms with E-state index in [9.17, 15) is 18.4 Å². The first-order valence-electron chi connectivity index (χ1n) is 4.19. The quantitative estimate of drug-likeness (QED) is 0.725. The molecular weight excluding hydrogens is 222 g/mol. The summed E-state index contributed by atoms with van der Waals surface area (Å²) in [6, 6.07) is 2.41. The zero-order chi connectivity index (χ0) is 12.1. The van der Waals surface area contributed by atoms with Crippen LogP contribution in [0.4, 0.5) is 8.78 Å². The van der Waals surface area contributed by atoms with Gasteiger partial charge >= 0.3 is 6.61 Å². The third-order valence-corrected chi connectivity index (χ3v) is 1.82. The molecule has 0 aliphatic heterocycles. The zero-order valence-corrected chi connectivity index (χ0v) is 8.28. The van der Waals surface area contributed by atoms with E-state index in [2.05, 4.69) is 4.74 Å². The molecule has 0 N–H and O–H groups in total. The highest BCUT2D eigenvalue weighted by molar-refractivity contribution is 5.89. The lowest BCUT2D eigenvalue weighted by Gasteiger charge is -2.11. The van der Waals surface area contributed by atoms with Gasteiger partial charge in [0.2, 0.25) is 0 Å². The van der Waals surface area contributed by atoms with Crippen molar-refractivity contribution in [2.75, 3.05) is 7.11 Å². The maximum absolute atomic E-state index is 12.1. The summed E-state index contributed by atoms with van der Waals surface area (Å²) >= 11 is 0. The van der Waals surface area contributed by atoms with Crippen LogP contribution in [0.3, 0.4) is 0 Å². The number of carbonyl (C=O) groups is 2. The fraction of sp³-hybridized carbons (Fsp3) is 0.200. The van der Waals surface area contributed by atoms with E-state index >= 15 is 0 Å². The summed E-state index contributed by atoms with van der Waals surface area (Å²) in [5, 5.41) is 0. The molecule has 1 aromatic carbocycles. The Labute approximate surface area is 89.8 Å². The van der Waals surface area contributed by atoms with Gasteiger partial charge in [0.1, 0.15) is 11.5 Å². The van der Waals surface area contributed by atoms with Crippen molar-refractivity contribution in [3.05, 3.63) is 23.3 Å². The van der Waals surface area contributed by atoms with Crippen molar-refractivity contribution < 1.29 is 27.8 Å². The van der Waals surface area contributed by atoms with Crippen LogP contribution in [0, 0.1) is 0 Å².